The van der Waals surface area contributed by atoms with Crippen molar-refractivity contribution in [3.63, 3.8) is 0 Å². The molecule has 0 spiro atoms. The van der Waals surface area contributed by atoms with Gasteiger partial charge in [0, 0.05) is 11.7 Å². The van der Waals surface area contributed by atoms with Crippen molar-refractivity contribution >= 4 is 5.82 Å². The SMILES string of the molecule is CCC1CC1Nc1cc(C#N)cc(C)n1. The Hall–Kier alpha value is -1.56. The summed E-state index contributed by atoms with van der Waals surface area (Å²) in [5.74, 6) is 1.63. The Bertz CT molecular complexity index is 406. The van der Waals surface area contributed by atoms with Crippen molar-refractivity contribution in [1.82, 2.24) is 4.98 Å². The summed E-state index contributed by atoms with van der Waals surface area (Å²) in [6.45, 7) is 4.12. The smallest absolute Gasteiger partial charge is 0.127 e. The second kappa shape index (κ2) is 3.90. The van der Waals surface area contributed by atoms with Crippen LogP contribution in [0.15, 0.2) is 12.1 Å². The van der Waals surface area contributed by atoms with Crippen molar-refractivity contribution in [3.8, 4) is 6.07 Å². The summed E-state index contributed by atoms with van der Waals surface area (Å²) in [7, 11) is 0. The lowest BCUT2D eigenvalue weighted by atomic mass is 10.2. The molecule has 0 aliphatic heterocycles. The molecule has 0 saturated heterocycles. The van der Waals surface area contributed by atoms with Gasteiger partial charge in [-0.2, -0.15) is 5.26 Å². The van der Waals surface area contributed by atoms with Crippen LogP contribution >= 0.6 is 0 Å². The van der Waals surface area contributed by atoms with E-state index in [1.807, 2.05) is 13.0 Å². The number of hydrogen-bond donors (Lipinski definition) is 1. The quantitative estimate of drug-likeness (QED) is 0.817. The van der Waals surface area contributed by atoms with E-state index in [1.54, 1.807) is 6.07 Å². The van der Waals surface area contributed by atoms with Crippen molar-refractivity contribution in [2.24, 2.45) is 5.92 Å². The number of aromatic nitrogens is 1. The van der Waals surface area contributed by atoms with Crippen molar-refractivity contribution in [1.29, 1.82) is 5.26 Å². The molecular weight excluding hydrogens is 186 g/mol. The van der Waals surface area contributed by atoms with Gasteiger partial charge < -0.3 is 5.32 Å². The van der Waals surface area contributed by atoms with E-state index in [1.165, 1.54) is 12.8 Å². The minimum absolute atomic E-state index is 0.566. The summed E-state index contributed by atoms with van der Waals surface area (Å²) in [6, 6.07) is 6.33. The third kappa shape index (κ3) is 2.27. The van der Waals surface area contributed by atoms with E-state index in [4.69, 9.17) is 5.26 Å². The molecule has 1 N–H and O–H groups in total. The highest BCUT2D eigenvalue weighted by Gasteiger charge is 2.35. The Balaban J connectivity index is 2.09. The molecule has 1 aromatic heterocycles. The van der Waals surface area contributed by atoms with Gasteiger partial charge in [-0.3, -0.25) is 0 Å². The van der Waals surface area contributed by atoms with Gasteiger partial charge in [0.1, 0.15) is 5.82 Å². The van der Waals surface area contributed by atoms with E-state index >= 15 is 0 Å². The molecule has 1 aromatic rings. The molecule has 3 nitrogen and oxygen atoms in total. The first-order valence-corrected chi connectivity index (χ1v) is 5.38. The fourth-order valence-electron chi connectivity index (χ4n) is 1.87. The Morgan fingerprint density at radius 1 is 1.60 bits per heavy atom. The highest BCUT2D eigenvalue weighted by atomic mass is 15.0. The molecule has 2 atom stereocenters. The molecule has 1 aliphatic carbocycles. The first kappa shape index (κ1) is 9.97. The fourth-order valence-corrected chi connectivity index (χ4v) is 1.87. The molecule has 1 fully saturated rings. The average Bonchev–Trinajstić information content (AvgIpc) is 2.95. The van der Waals surface area contributed by atoms with Gasteiger partial charge in [-0.25, -0.2) is 4.98 Å². The van der Waals surface area contributed by atoms with Crippen LogP contribution in [0.1, 0.15) is 31.0 Å². The van der Waals surface area contributed by atoms with Gasteiger partial charge in [0.05, 0.1) is 11.6 Å². The lowest BCUT2D eigenvalue weighted by molar-refractivity contribution is 0.773. The lowest BCUT2D eigenvalue weighted by Crippen LogP contribution is -2.06. The predicted octanol–water partition coefficient (Wildman–Crippen LogP) is 2.47. The maximum absolute atomic E-state index is 8.83. The second-order valence-corrected chi connectivity index (χ2v) is 4.15. The second-order valence-electron chi connectivity index (χ2n) is 4.15. The summed E-state index contributed by atoms with van der Waals surface area (Å²) < 4.78 is 0. The van der Waals surface area contributed by atoms with Gasteiger partial charge in [0.25, 0.3) is 0 Å². The zero-order valence-electron chi connectivity index (χ0n) is 9.12. The van der Waals surface area contributed by atoms with E-state index in [2.05, 4.69) is 23.3 Å². The topological polar surface area (TPSA) is 48.7 Å². The van der Waals surface area contributed by atoms with Crippen LogP contribution in [-0.4, -0.2) is 11.0 Å². The molecule has 0 aromatic carbocycles. The van der Waals surface area contributed by atoms with Crippen molar-refractivity contribution < 1.29 is 0 Å². The van der Waals surface area contributed by atoms with Crippen molar-refractivity contribution in [3.05, 3.63) is 23.4 Å². The Labute approximate surface area is 90.1 Å². The Morgan fingerprint density at radius 3 is 3.00 bits per heavy atom. The number of pyridine rings is 1. The van der Waals surface area contributed by atoms with Crippen LogP contribution < -0.4 is 5.32 Å². The highest BCUT2D eigenvalue weighted by Crippen LogP contribution is 2.35. The summed E-state index contributed by atoms with van der Waals surface area (Å²) in [4.78, 5) is 4.37. The van der Waals surface area contributed by atoms with Gasteiger partial charge >= 0.3 is 0 Å². The molecule has 3 heteroatoms. The summed E-state index contributed by atoms with van der Waals surface area (Å²) in [5.41, 5.74) is 1.57. The van der Waals surface area contributed by atoms with E-state index in [9.17, 15) is 0 Å². The van der Waals surface area contributed by atoms with Crippen LogP contribution in [0.4, 0.5) is 5.82 Å². The molecular formula is C12H15N3. The lowest BCUT2D eigenvalue weighted by Gasteiger charge is -2.05. The number of nitriles is 1. The van der Waals surface area contributed by atoms with Gasteiger partial charge in [0.15, 0.2) is 0 Å². The molecule has 2 rings (SSSR count). The first-order chi connectivity index (χ1) is 7.22. The summed E-state index contributed by atoms with van der Waals surface area (Å²) in [6.07, 6.45) is 2.45. The van der Waals surface area contributed by atoms with E-state index < -0.39 is 0 Å². The molecule has 0 bridgehead atoms. The average molecular weight is 201 g/mol. The molecule has 2 unspecified atom stereocenters. The molecule has 0 radical (unpaired) electrons. The van der Waals surface area contributed by atoms with E-state index in [-0.39, 0.29) is 0 Å². The molecule has 15 heavy (non-hydrogen) atoms. The third-order valence-electron chi connectivity index (χ3n) is 2.86. The fraction of sp³-hybridized carbons (Fsp3) is 0.500. The van der Waals surface area contributed by atoms with Gasteiger partial charge in [-0.1, -0.05) is 13.3 Å². The number of rotatable bonds is 3. The van der Waals surface area contributed by atoms with Crippen LogP contribution in [0.25, 0.3) is 0 Å². The minimum atomic E-state index is 0.566. The highest BCUT2D eigenvalue weighted by molar-refractivity contribution is 5.45. The normalized spacial score (nSPS) is 23.3. The molecule has 78 valence electrons. The zero-order chi connectivity index (χ0) is 10.8. The first-order valence-electron chi connectivity index (χ1n) is 5.38. The molecule has 0 amide bonds. The molecule has 1 aliphatic rings. The van der Waals surface area contributed by atoms with Crippen LogP contribution in [0, 0.1) is 24.2 Å². The monoisotopic (exact) mass is 201 g/mol. The number of anilines is 1. The Morgan fingerprint density at radius 2 is 2.40 bits per heavy atom. The molecule has 1 saturated carbocycles. The van der Waals surface area contributed by atoms with Crippen molar-refractivity contribution in [2.45, 2.75) is 32.7 Å². The van der Waals surface area contributed by atoms with Gasteiger partial charge in [0.2, 0.25) is 0 Å². The standard InChI is InChI=1S/C12H15N3/c1-3-10-6-11(10)15-12-5-9(7-13)4-8(2)14-12/h4-5,10-11H,3,6H2,1-2H3,(H,14,15). The van der Waals surface area contributed by atoms with Crippen LogP contribution in [0.2, 0.25) is 0 Å². The Kier molecular flexibility index (Phi) is 2.59. The van der Waals surface area contributed by atoms with E-state index in [0.717, 1.165) is 17.4 Å². The third-order valence-corrected chi connectivity index (χ3v) is 2.86. The minimum Gasteiger partial charge on any atom is -0.367 e. The predicted molar refractivity (Wildman–Crippen MR) is 59.5 cm³/mol. The van der Waals surface area contributed by atoms with Gasteiger partial charge in [-0.05, 0) is 31.4 Å². The number of aryl methyl sites for hydroxylation is 1. The largest absolute Gasteiger partial charge is 0.367 e. The summed E-state index contributed by atoms with van der Waals surface area (Å²) in [5, 5.41) is 12.2. The number of nitrogens with zero attached hydrogens (tertiary/aromatic N) is 2. The van der Waals surface area contributed by atoms with Crippen molar-refractivity contribution in [2.75, 3.05) is 5.32 Å². The van der Waals surface area contributed by atoms with Gasteiger partial charge in [-0.15, -0.1) is 0 Å². The maximum atomic E-state index is 8.83. The molecule has 1 heterocycles. The maximum Gasteiger partial charge on any atom is 0.127 e. The van der Waals surface area contributed by atoms with E-state index in [0.29, 0.717) is 11.6 Å². The van der Waals surface area contributed by atoms with Crippen LogP contribution in [0.3, 0.4) is 0 Å². The van der Waals surface area contributed by atoms with Crippen LogP contribution in [-0.2, 0) is 0 Å². The number of hydrogen-bond acceptors (Lipinski definition) is 3. The summed E-state index contributed by atoms with van der Waals surface area (Å²) >= 11 is 0. The van der Waals surface area contributed by atoms with Crippen LogP contribution in [0.5, 0.6) is 0 Å². The zero-order valence-corrected chi connectivity index (χ0v) is 9.12. The number of nitrogens with one attached hydrogen (secondary N) is 1.